The van der Waals surface area contributed by atoms with Gasteiger partial charge < -0.3 is 4.74 Å². The number of esters is 1. The fourth-order valence-electron chi connectivity index (χ4n) is 2.09. The lowest BCUT2D eigenvalue weighted by atomic mass is 10.2. The van der Waals surface area contributed by atoms with Crippen LogP contribution in [0.15, 0.2) is 0 Å². The molecule has 1 aliphatic rings. The van der Waals surface area contributed by atoms with E-state index in [-0.39, 0.29) is 18.1 Å². The lowest BCUT2D eigenvalue weighted by Crippen LogP contribution is -2.42. The van der Waals surface area contributed by atoms with Crippen LogP contribution in [0.2, 0.25) is 0 Å². The molecule has 0 amide bonds. The van der Waals surface area contributed by atoms with Gasteiger partial charge in [-0.3, -0.25) is 9.69 Å². The molecule has 0 N–H and O–H groups in total. The molecule has 0 radical (unpaired) electrons. The van der Waals surface area contributed by atoms with E-state index >= 15 is 0 Å². The average Bonchev–Trinajstić information content (AvgIpc) is 2.78. The zero-order valence-electron chi connectivity index (χ0n) is 10.6. The standard InChI is InChI=1S/C12H23NO2S/c1-4-11(13(5-2)6-3)12(14)15-10-7-8-16-9-10/h10-11H,4-9H2,1-3H3/t10-,11-/m1/s1. The van der Waals surface area contributed by atoms with Crippen molar-refractivity contribution < 1.29 is 9.53 Å². The van der Waals surface area contributed by atoms with Crippen LogP contribution in [0.5, 0.6) is 0 Å². The van der Waals surface area contributed by atoms with Gasteiger partial charge in [0.2, 0.25) is 0 Å². The van der Waals surface area contributed by atoms with E-state index in [1.165, 1.54) is 0 Å². The van der Waals surface area contributed by atoms with Crippen molar-refractivity contribution in [2.75, 3.05) is 24.6 Å². The molecule has 0 aromatic rings. The molecule has 16 heavy (non-hydrogen) atoms. The molecule has 1 aliphatic heterocycles. The number of likely N-dealkylation sites (N-methyl/N-ethyl adjacent to an activating group) is 1. The van der Waals surface area contributed by atoms with Crippen LogP contribution in [0.4, 0.5) is 0 Å². The van der Waals surface area contributed by atoms with Crippen LogP contribution in [0.3, 0.4) is 0 Å². The van der Waals surface area contributed by atoms with Crippen molar-refractivity contribution in [3.63, 3.8) is 0 Å². The molecule has 0 aromatic heterocycles. The predicted octanol–water partition coefficient (Wildman–Crippen LogP) is 2.16. The van der Waals surface area contributed by atoms with Gasteiger partial charge in [0.1, 0.15) is 12.1 Å². The molecule has 3 nitrogen and oxygen atoms in total. The summed E-state index contributed by atoms with van der Waals surface area (Å²) >= 11 is 1.87. The Kier molecular flexibility index (Phi) is 6.21. The van der Waals surface area contributed by atoms with E-state index in [0.717, 1.165) is 37.4 Å². The van der Waals surface area contributed by atoms with Crippen LogP contribution in [0.1, 0.15) is 33.6 Å². The zero-order chi connectivity index (χ0) is 12.0. The number of ether oxygens (including phenoxy) is 1. The molecule has 0 aliphatic carbocycles. The van der Waals surface area contributed by atoms with Crippen molar-refractivity contribution in [1.29, 1.82) is 0 Å². The Morgan fingerprint density at radius 1 is 1.44 bits per heavy atom. The van der Waals surface area contributed by atoms with Crippen molar-refractivity contribution in [2.24, 2.45) is 0 Å². The maximum absolute atomic E-state index is 12.0. The van der Waals surface area contributed by atoms with E-state index in [2.05, 4.69) is 18.7 Å². The van der Waals surface area contributed by atoms with Crippen molar-refractivity contribution in [3.05, 3.63) is 0 Å². The minimum atomic E-state index is -0.0550. The Balaban J connectivity index is 2.47. The quantitative estimate of drug-likeness (QED) is 0.671. The molecule has 0 saturated carbocycles. The van der Waals surface area contributed by atoms with Gasteiger partial charge in [0.25, 0.3) is 0 Å². The van der Waals surface area contributed by atoms with Gasteiger partial charge in [-0.2, -0.15) is 11.8 Å². The second-order valence-corrected chi connectivity index (χ2v) is 5.22. The fourth-order valence-corrected chi connectivity index (χ4v) is 3.18. The largest absolute Gasteiger partial charge is 0.460 e. The molecule has 1 saturated heterocycles. The number of nitrogens with zero attached hydrogens (tertiary/aromatic N) is 1. The summed E-state index contributed by atoms with van der Waals surface area (Å²) in [6.45, 7) is 8.04. The molecular formula is C12H23NO2S. The summed E-state index contributed by atoms with van der Waals surface area (Å²) < 4.78 is 5.55. The molecule has 1 rings (SSSR count). The van der Waals surface area contributed by atoms with E-state index in [0.29, 0.717) is 0 Å². The highest BCUT2D eigenvalue weighted by Gasteiger charge is 2.27. The molecular weight excluding hydrogens is 222 g/mol. The van der Waals surface area contributed by atoms with Gasteiger partial charge in [-0.15, -0.1) is 0 Å². The SMILES string of the molecule is CC[C@H](C(=O)O[C@@H]1CCSC1)N(CC)CC. The van der Waals surface area contributed by atoms with Gasteiger partial charge in [-0.05, 0) is 31.7 Å². The van der Waals surface area contributed by atoms with Gasteiger partial charge in [-0.1, -0.05) is 20.8 Å². The lowest BCUT2D eigenvalue weighted by Gasteiger charge is -2.27. The third kappa shape index (κ3) is 3.67. The lowest BCUT2D eigenvalue weighted by molar-refractivity contribution is -0.154. The summed E-state index contributed by atoms with van der Waals surface area (Å²) in [5.74, 6) is 2.07. The van der Waals surface area contributed by atoms with Crippen molar-refractivity contribution in [1.82, 2.24) is 4.90 Å². The smallest absolute Gasteiger partial charge is 0.323 e. The Labute approximate surface area is 103 Å². The predicted molar refractivity (Wildman–Crippen MR) is 68.8 cm³/mol. The summed E-state index contributed by atoms with van der Waals surface area (Å²) in [5.41, 5.74) is 0. The van der Waals surface area contributed by atoms with E-state index in [9.17, 15) is 4.79 Å². The van der Waals surface area contributed by atoms with Crippen LogP contribution in [-0.2, 0) is 9.53 Å². The Morgan fingerprint density at radius 2 is 2.12 bits per heavy atom. The maximum Gasteiger partial charge on any atom is 0.323 e. The highest BCUT2D eigenvalue weighted by molar-refractivity contribution is 7.99. The van der Waals surface area contributed by atoms with Crippen LogP contribution in [0, 0.1) is 0 Å². The molecule has 4 heteroatoms. The van der Waals surface area contributed by atoms with Crippen LogP contribution < -0.4 is 0 Å². The number of thioether (sulfide) groups is 1. The van der Waals surface area contributed by atoms with Gasteiger partial charge in [0, 0.05) is 5.75 Å². The molecule has 2 atom stereocenters. The Bertz CT molecular complexity index is 213. The summed E-state index contributed by atoms with van der Waals surface area (Å²) in [6, 6.07) is -0.0550. The second kappa shape index (κ2) is 7.17. The molecule has 0 spiro atoms. The van der Waals surface area contributed by atoms with Crippen molar-refractivity contribution in [2.45, 2.75) is 45.8 Å². The van der Waals surface area contributed by atoms with E-state index in [4.69, 9.17) is 4.74 Å². The number of hydrogen-bond acceptors (Lipinski definition) is 4. The fraction of sp³-hybridized carbons (Fsp3) is 0.917. The monoisotopic (exact) mass is 245 g/mol. The van der Waals surface area contributed by atoms with Crippen molar-refractivity contribution >= 4 is 17.7 Å². The number of carbonyl (C=O) groups is 1. The third-order valence-corrected chi connectivity index (χ3v) is 4.21. The minimum absolute atomic E-state index is 0.0290. The average molecular weight is 245 g/mol. The number of carbonyl (C=O) groups excluding carboxylic acids is 1. The molecule has 94 valence electrons. The van der Waals surface area contributed by atoms with Gasteiger partial charge >= 0.3 is 5.97 Å². The number of hydrogen-bond donors (Lipinski definition) is 0. The second-order valence-electron chi connectivity index (χ2n) is 4.07. The first-order valence-electron chi connectivity index (χ1n) is 6.25. The molecule has 1 fully saturated rings. The molecule has 0 unspecified atom stereocenters. The topological polar surface area (TPSA) is 29.5 Å². The molecule has 0 bridgehead atoms. The van der Waals surface area contributed by atoms with Gasteiger partial charge in [-0.25, -0.2) is 0 Å². The Morgan fingerprint density at radius 3 is 2.56 bits per heavy atom. The number of rotatable bonds is 6. The van der Waals surface area contributed by atoms with E-state index in [1.807, 2.05) is 18.7 Å². The van der Waals surface area contributed by atoms with Crippen LogP contribution in [0.25, 0.3) is 0 Å². The highest BCUT2D eigenvalue weighted by atomic mass is 32.2. The first kappa shape index (κ1) is 13.8. The molecule has 0 aromatic carbocycles. The van der Waals surface area contributed by atoms with E-state index < -0.39 is 0 Å². The highest BCUT2D eigenvalue weighted by Crippen LogP contribution is 2.21. The maximum atomic E-state index is 12.0. The van der Waals surface area contributed by atoms with E-state index in [1.54, 1.807) is 0 Å². The molecule has 1 heterocycles. The summed E-state index contributed by atoms with van der Waals surface area (Å²) in [5, 5.41) is 0. The first-order chi connectivity index (χ1) is 7.72. The van der Waals surface area contributed by atoms with Gasteiger partial charge in [0.15, 0.2) is 0 Å². The summed E-state index contributed by atoms with van der Waals surface area (Å²) in [7, 11) is 0. The zero-order valence-corrected chi connectivity index (χ0v) is 11.4. The Hall–Kier alpha value is -0.220. The first-order valence-corrected chi connectivity index (χ1v) is 7.40. The van der Waals surface area contributed by atoms with Crippen LogP contribution >= 0.6 is 11.8 Å². The summed E-state index contributed by atoms with van der Waals surface area (Å²) in [4.78, 5) is 14.2. The third-order valence-electron chi connectivity index (χ3n) is 3.08. The van der Waals surface area contributed by atoms with Crippen molar-refractivity contribution in [3.8, 4) is 0 Å². The minimum Gasteiger partial charge on any atom is -0.460 e. The summed E-state index contributed by atoms with van der Waals surface area (Å²) in [6.07, 6.45) is 2.01. The van der Waals surface area contributed by atoms with Gasteiger partial charge in [0.05, 0.1) is 0 Å². The normalized spacial score (nSPS) is 22.4. The van der Waals surface area contributed by atoms with Crippen LogP contribution in [-0.4, -0.2) is 47.6 Å².